The minimum Gasteiger partial charge on any atom is -0.424 e. The third-order valence-corrected chi connectivity index (χ3v) is 2.90. The van der Waals surface area contributed by atoms with Crippen molar-refractivity contribution >= 4 is 16.7 Å². The van der Waals surface area contributed by atoms with Crippen LogP contribution < -0.4 is 10.5 Å². The minimum atomic E-state index is -0.120. The Morgan fingerprint density at radius 1 is 1.19 bits per heavy atom. The summed E-state index contributed by atoms with van der Waals surface area (Å²) < 4.78 is 5.64. The number of aryl methyl sites for hydroxylation is 1. The lowest BCUT2D eigenvalue weighted by Crippen LogP contribution is -2.14. The van der Waals surface area contributed by atoms with Gasteiger partial charge in [0, 0.05) is 23.3 Å². The quantitative estimate of drug-likeness (QED) is 0.566. The molecule has 6 heteroatoms. The van der Waals surface area contributed by atoms with Crippen LogP contribution >= 0.6 is 0 Å². The summed E-state index contributed by atoms with van der Waals surface area (Å²) in [6, 6.07) is 11.2. The van der Waals surface area contributed by atoms with E-state index in [1.54, 1.807) is 19.2 Å². The summed E-state index contributed by atoms with van der Waals surface area (Å²) in [6.45, 7) is 1.79. The number of nitrogens with zero attached hydrogens (tertiary/aromatic N) is 3. The Morgan fingerprint density at radius 2 is 2.05 bits per heavy atom. The van der Waals surface area contributed by atoms with Crippen LogP contribution in [-0.4, -0.2) is 20.8 Å². The van der Waals surface area contributed by atoms with Crippen LogP contribution in [0.2, 0.25) is 0 Å². The van der Waals surface area contributed by atoms with Crippen molar-refractivity contribution in [2.24, 2.45) is 5.73 Å². The van der Waals surface area contributed by atoms with Gasteiger partial charge in [0.1, 0.15) is 17.3 Å². The van der Waals surface area contributed by atoms with Gasteiger partial charge in [0.2, 0.25) is 0 Å². The van der Waals surface area contributed by atoms with Crippen LogP contribution in [0.25, 0.3) is 10.9 Å². The lowest BCUT2D eigenvalue weighted by molar-refractivity contribution is 0.440. The average molecular weight is 279 g/mol. The third-order valence-electron chi connectivity index (χ3n) is 2.90. The van der Waals surface area contributed by atoms with Crippen LogP contribution in [0.1, 0.15) is 11.4 Å². The van der Waals surface area contributed by atoms with E-state index in [9.17, 15) is 0 Å². The van der Waals surface area contributed by atoms with Crippen molar-refractivity contribution in [2.45, 2.75) is 6.92 Å². The number of aromatic nitrogens is 3. The molecule has 0 aliphatic rings. The lowest BCUT2D eigenvalue weighted by Gasteiger charge is -2.07. The molecule has 3 rings (SSSR count). The number of rotatable bonds is 3. The van der Waals surface area contributed by atoms with Gasteiger partial charge in [-0.25, -0.2) is 4.98 Å². The van der Waals surface area contributed by atoms with Crippen LogP contribution in [0, 0.1) is 12.3 Å². The molecule has 21 heavy (non-hydrogen) atoms. The molecule has 3 N–H and O–H groups in total. The molecule has 0 bridgehead atoms. The van der Waals surface area contributed by atoms with Gasteiger partial charge in [-0.1, -0.05) is 6.07 Å². The fourth-order valence-electron chi connectivity index (χ4n) is 1.94. The van der Waals surface area contributed by atoms with E-state index in [4.69, 9.17) is 15.9 Å². The topological polar surface area (TPSA) is 97.8 Å². The van der Waals surface area contributed by atoms with E-state index in [1.165, 1.54) is 0 Å². The van der Waals surface area contributed by atoms with Crippen LogP contribution in [0.5, 0.6) is 11.8 Å². The summed E-state index contributed by atoms with van der Waals surface area (Å²) in [4.78, 5) is 12.6. The Labute approximate surface area is 121 Å². The summed E-state index contributed by atoms with van der Waals surface area (Å²) >= 11 is 0. The molecule has 0 atom stereocenters. The van der Waals surface area contributed by atoms with Crippen molar-refractivity contribution in [1.29, 1.82) is 5.41 Å². The molecular formula is C15H13N5O. The summed E-state index contributed by atoms with van der Waals surface area (Å²) in [6.07, 6.45) is 1.73. The van der Waals surface area contributed by atoms with Crippen LogP contribution in [0.3, 0.4) is 0 Å². The van der Waals surface area contributed by atoms with Gasteiger partial charge in [0.15, 0.2) is 0 Å². The summed E-state index contributed by atoms with van der Waals surface area (Å²) in [7, 11) is 0. The highest BCUT2D eigenvalue weighted by Crippen LogP contribution is 2.22. The van der Waals surface area contributed by atoms with E-state index in [0.717, 1.165) is 10.9 Å². The van der Waals surface area contributed by atoms with Crippen LogP contribution in [-0.2, 0) is 0 Å². The van der Waals surface area contributed by atoms with Gasteiger partial charge in [-0.3, -0.25) is 10.4 Å². The molecule has 3 aromatic rings. The Bertz CT molecular complexity index is 831. The van der Waals surface area contributed by atoms with Gasteiger partial charge in [0.25, 0.3) is 0 Å². The maximum Gasteiger partial charge on any atom is 0.322 e. The molecule has 2 aromatic heterocycles. The van der Waals surface area contributed by atoms with E-state index >= 15 is 0 Å². The van der Waals surface area contributed by atoms with Crippen molar-refractivity contribution in [3.63, 3.8) is 0 Å². The van der Waals surface area contributed by atoms with Gasteiger partial charge in [-0.05, 0) is 31.2 Å². The Hall–Kier alpha value is -3.02. The van der Waals surface area contributed by atoms with Gasteiger partial charge in [-0.15, -0.1) is 0 Å². The van der Waals surface area contributed by atoms with E-state index < -0.39 is 0 Å². The number of benzene rings is 1. The number of ether oxygens (including phenoxy) is 1. The molecule has 0 aliphatic heterocycles. The molecular weight excluding hydrogens is 266 g/mol. The summed E-state index contributed by atoms with van der Waals surface area (Å²) in [5.41, 5.74) is 7.30. The highest BCUT2D eigenvalue weighted by atomic mass is 16.5. The maximum absolute atomic E-state index is 7.44. The van der Waals surface area contributed by atoms with Gasteiger partial charge in [-0.2, -0.15) is 4.98 Å². The first-order valence-electron chi connectivity index (χ1n) is 6.34. The Balaban J connectivity index is 1.96. The summed E-state index contributed by atoms with van der Waals surface area (Å²) in [5.74, 6) is 0.465. The number of nitrogens with two attached hydrogens (primary N) is 1. The smallest absolute Gasteiger partial charge is 0.322 e. The first-order chi connectivity index (χ1) is 10.1. The Morgan fingerprint density at radius 3 is 2.86 bits per heavy atom. The minimum absolute atomic E-state index is 0.120. The zero-order valence-corrected chi connectivity index (χ0v) is 11.4. The average Bonchev–Trinajstić information content (AvgIpc) is 2.46. The number of pyridine rings is 1. The fourth-order valence-corrected chi connectivity index (χ4v) is 1.94. The van der Waals surface area contributed by atoms with Crippen LogP contribution in [0.15, 0.2) is 42.6 Å². The summed E-state index contributed by atoms with van der Waals surface area (Å²) in [5, 5.41) is 8.47. The monoisotopic (exact) mass is 279 g/mol. The van der Waals surface area contributed by atoms with E-state index in [0.29, 0.717) is 17.1 Å². The van der Waals surface area contributed by atoms with Gasteiger partial charge >= 0.3 is 6.01 Å². The van der Waals surface area contributed by atoms with E-state index in [2.05, 4.69) is 15.0 Å². The number of hydrogen-bond acceptors (Lipinski definition) is 5. The maximum atomic E-state index is 7.44. The molecule has 0 spiro atoms. The standard InChI is InChI=1S/C15H13N5O/c1-9-7-13(14(16)17)20-15(19-9)21-11-5-4-10-3-2-6-18-12(10)8-11/h2-8H,1H3,(H3,16,17). The first-order valence-corrected chi connectivity index (χ1v) is 6.34. The molecule has 0 fully saturated rings. The fraction of sp³-hybridized carbons (Fsp3) is 0.0667. The van der Waals surface area contributed by atoms with Crippen molar-refractivity contribution in [2.75, 3.05) is 0 Å². The molecule has 1 aromatic carbocycles. The number of amidine groups is 1. The van der Waals surface area contributed by atoms with Crippen molar-refractivity contribution in [1.82, 2.24) is 15.0 Å². The second-order valence-corrected chi connectivity index (χ2v) is 4.55. The molecule has 0 radical (unpaired) electrons. The van der Waals surface area contributed by atoms with Gasteiger partial charge < -0.3 is 10.5 Å². The highest BCUT2D eigenvalue weighted by Gasteiger charge is 2.07. The first kappa shape index (κ1) is 13.0. The molecule has 104 valence electrons. The number of nitrogens with one attached hydrogen (secondary N) is 1. The SMILES string of the molecule is Cc1cc(C(=N)N)nc(Oc2ccc3cccnc3c2)n1. The second-order valence-electron chi connectivity index (χ2n) is 4.55. The molecule has 0 unspecified atom stereocenters. The molecule has 0 saturated heterocycles. The lowest BCUT2D eigenvalue weighted by atomic mass is 10.2. The zero-order valence-electron chi connectivity index (χ0n) is 11.4. The second kappa shape index (κ2) is 5.16. The number of hydrogen-bond donors (Lipinski definition) is 2. The van der Waals surface area contributed by atoms with E-state index in [1.807, 2.05) is 30.3 Å². The van der Waals surface area contributed by atoms with Crippen molar-refractivity contribution < 1.29 is 4.74 Å². The van der Waals surface area contributed by atoms with Crippen LogP contribution in [0.4, 0.5) is 0 Å². The predicted molar refractivity (Wildman–Crippen MR) is 79.6 cm³/mol. The Kier molecular flexibility index (Phi) is 3.19. The molecule has 6 nitrogen and oxygen atoms in total. The molecule has 0 saturated carbocycles. The van der Waals surface area contributed by atoms with Crippen molar-refractivity contribution in [3.8, 4) is 11.8 Å². The normalized spacial score (nSPS) is 10.5. The highest BCUT2D eigenvalue weighted by molar-refractivity contribution is 5.93. The molecule has 0 aliphatic carbocycles. The molecule has 2 heterocycles. The van der Waals surface area contributed by atoms with Crippen molar-refractivity contribution in [3.05, 3.63) is 54.0 Å². The van der Waals surface area contributed by atoms with Gasteiger partial charge in [0.05, 0.1) is 5.52 Å². The predicted octanol–water partition coefficient (Wildman–Crippen LogP) is 2.41. The number of fused-ring (bicyclic) bond motifs is 1. The molecule has 0 amide bonds. The third kappa shape index (κ3) is 2.79. The largest absolute Gasteiger partial charge is 0.424 e. The van der Waals surface area contributed by atoms with E-state index in [-0.39, 0.29) is 11.8 Å². The zero-order chi connectivity index (χ0) is 14.8. The number of nitrogen functional groups attached to an aromatic ring is 1.